The van der Waals surface area contributed by atoms with E-state index in [1.54, 1.807) is 0 Å². The first-order valence-corrected chi connectivity index (χ1v) is 7.07. The van der Waals surface area contributed by atoms with Gasteiger partial charge in [-0.15, -0.1) is 0 Å². The van der Waals surface area contributed by atoms with E-state index in [2.05, 4.69) is 10.0 Å². The highest BCUT2D eigenvalue weighted by atomic mass is 32.2. The molecule has 0 aromatic heterocycles. The molecule has 9 heteroatoms. The molecule has 0 aliphatic heterocycles. The molecule has 1 amide bonds. The van der Waals surface area contributed by atoms with Crippen molar-refractivity contribution in [1.82, 2.24) is 10.0 Å². The lowest BCUT2D eigenvalue weighted by Crippen LogP contribution is -2.34. The van der Waals surface area contributed by atoms with E-state index in [1.807, 2.05) is 0 Å². The van der Waals surface area contributed by atoms with E-state index in [-0.39, 0.29) is 18.7 Å². The van der Waals surface area contributed by atoms with Crippen LogP contribution in [0.3, 0.4) is 0 Å². The quantitative estimate of drug-likeness (QED) is 0.518. The van der Waals surface area contributed by atoms with E-state index in [0.29, 0.717) is 0 Å². The highest BCUT2D eigenvalue weighted by molar-refractivity contribution is 7.88. The molecular formula is C10H13F2N3O3S. The molecule has 0 fully saturated rings. The molecular weight excluding hydrogens is 280 g/mol. The lowest BCUT2D eigenvalue weighted by molar-refractivity contribution is 0.0953. The predicted molar refractivity (Wildman–Crippen MR) is 66.0 cm³/mol. The number of rotatable bonds is 5. The average molecular weight is 293 g/mol. The van der Waals surface area contributed by atoms with E-state index in [9.17, 15) is 22.0 Å². The molecule has 19 heavy (non-hydrogen) atoms. The summed E-state index contributed by atoms with van der Waals surface area (Å²) >= 11 is 0. The summed E-state index contributed by atoms with van der Waals surface area (Å²) in [6.45, 7) is -0.0377. The third-order valence-electron chi connectivity index (χ3n) is 2.12. The molecule has 0 unspecified atom stereocenters. The lowest BCUT2D eigenvalue weighted by atomic mass is 10.1. The van der Waals surface area contributed by atoms with Gasteiger partial charge in [-0.1, -0.05) is 0 Å². The van der Waals surface area contributed by atoms with E-state index in [4.69, 9.17) is 5.73 Å². The molecule has 1 aromatic carbocycles. The minimum absolute atomic E-state index is 0.0144. The second kappa shape index (κ2) is 5.93. The van der Waals surface area contributed by atoms with Crippen LogP contribution in [0.2, 0.25) is 0 Å². The van der Waals surface area contributed by atoms with Crippen LogP contribution in [-0.4, -0.2) is 33.7 Å². The number of nitrogens with one attached hydrogen (secondary N) is 2. The zero-order valence-electron chi connectivity index (χ0n) is 10.0. The van der Waals surface area contributed by atoms with Crippen LogP contribution in [0.1, 0.15) is 10.4 Å². The number of carbonyl (C=O) groups is 1. The number of hydrogen-bond acceptors (Lipinski definition) is 4. The van der Waals surface area contributed by atoms with Crippen molar-refractivity contribution in [2.24, 2.45) is 0 Å². The number of amides is 1. The van der Waals surface area contributed by atoms with Gasteiger partial charge in [-0.2, -0.15) is 0 Å². The van der Waals surface area contributed by atoms with Crippen LogP contribution in [0, 0.1) is 11.6 Å². The van der Waals surface area contributed by atoms with Gasteiger partial charge < -0.3 is 11.1 Å². The maximum absolute atomic E-state index is 13.1. The monoisotopic (exact) mass is 293 g/mol. The maximum atomic E-state index is 13.1. The Morgan fingerprint density at radius 1 is 1.26 bits per heavy atom. The van der Waals surface area contributed by atoms with Crippen molar-refractivity contribution < 1.29 is 22.0 Å². The average Bonchev–Trinajstić information content (AvgIpc) is 2.29. The lowest BCUT2D eigenvalue weighted by Gasteiger charge is -2.07. The molecule has 6 nitrogen and oxygen atoms in total. The Labute approximate surface area is 109 Å². The third kappa shape index (κ3) is 4.79. The van der Waals surface area contributed by atoms with Gasteiger partial charge in [0, 0.05) is 18.7 Å². The Bertz CT molecular complexity index is 567. The molecule has 4 N–H and O–H groups in total. The second-order valence-corrected chi connectivity index (χ2v) is 5.61. The highest BCUT2D eigenvalue weighted by Gasteiger charge is 2.12. The van der Waals surface area contributed by atoms with Crippen molar-refractivity contribution in [3.8, 4) is 0 Å². The molecule has 1 aromatic rings. The number of hydrogen-bond donors (Lipinski definition) is 3. The predicted octanol–water partition coefficient (Wildman–Crippen LogP) is -0.174. The van der Waals surface area contributed by atoms with E-state index < -0.39 is 33.3 Å². The van der Waals surface area contributed by atoms with Crippen molar-refractivity contribution in [3.05, 3.63) is 29.3 Å². The van der Waals surface area contributed by atoms with Gasteiger partial charge in [0.2, 0.25) is 10.0 Å². The van der Waals surface area contributed by atoms with Crippen LogP contribution >= 0.6 is 0 Å². The zero-order valence-corrected chi connectivity index (χ0v) is 10.9. The van der Waals surface area contributed by atoms with E-state index in [1.165, 1.54) is 0 Å². The summed E-state index contributed by atoms with van der Waals surface area (Å²) in [6.07, 6.45) is 0.972. The number of carbonyl (C=O) groups excluding carboxylic acids is 1. The first kappa shape index (κ1) is 15.3. The van der Waals surface area contributed by atoms with Crippen molar-refractivity contribution in [1.29, 1.82) is 0 Å². The Morgan fingerprint density at radius 3 is 2.26 bits per heavy atom. The SMILES string of the molecule is CS(=O)(=O)NCCNC(=O)c1cc(F)c(N)c(F)c1. The summed E-state index contributed by atoms with van der Waals surface area (Å²) in [4.78, 5) is 11.5. The van der Waals surface area contributed by atoms with Gasteiger partial charge in [-0.25, -0.2) is 21.9 Å². The zero-order chi connectivity index (χ0) is 14.6. The molecule has 0 aliphatic carbocycles. The summed E-state index contributed by atoms with van der Waals surface area (Å²) < 4.78 is 49.8. The fraction of sp³-hybridized carbons (Fsp3) is 0.300. The van der Waals surface area contributed by atoms with Crippen molar-refractivity contribution >= 4 is 21.6 Å². The number of anilines is 1. The molecule has 106 valence electrons. The van der Waals surface area contributed by atoms with Crippen LogP contribution in [0.4, 0.5) is 14.5 Å². The Morgan fingerprint density at radius 2 is 1.79 bits per heavy atom. The number of sulfonamides is 1. The van der Waals surface area contributed by atoms with Crippen molar-refractivity contribution in [2.45, 2.75) is 0 Å². The normalized spacial score (nSPS) is 11.3. The van der Waals surface area contributed by atoms with Gasteiger partial charge in [0.1, 0.15) is 17.3 Å². The first-order chi connectivity index (χ1) is 8.70. The Kier molecular flexibility index (Phi) is 4.78. The summed E-state index contributed by atoms with van der Waals surface area (Å²) in [5.74, 6) is -2.79. The molecule has 0 aliphatic rings. The van der Waals surface area contributed by atoms with Gasteiger partial charge in [0.15, 0.2) is 0 Å². The van der Waals surface area contributed by atoms with E-state index in [0.717, 1.165) is 18.4 Å². The summed E-state index contributed by atoms with van der Waals surface area (Å²) in [5, 5.41) is 2.31. The largest absolute Gasteiger partial charge is 0.394 e. The smallest absolute Gasteiger partial charge is 0.251 e. The van der Waals surface area contributed by atoms with Crippen LogP contribution in [-0.2, 0) is 10.0 Å². The Balaban J connectivity index is 2.60. The number of nitrogens with two attached hydrogens (primary N) is 1. The molecule has 0 saturated heterocycles. The first-order valence-electron chi connectivity index (χ1n) is 5.18. The Hall–Kier alpha value is -1.74. The molecule has 0 atom stereocenters. The van der Waals surface area contributed by atoms with Crippen LogP contribution < -0.4 is 15.8 Å². The number of nitrogen functional groups attached to an aromatic ring is 1. The van der Waals surface area contributed by atoms with E-state index >= 15 is 0 Å². The van der Waals surface area contributed by atoms with Gasteiger partial charge in [0.25, 0.3) is 5.91 Å². The minimum atomic E-state index is -3.34. The van der Waals surface area contributed by atoms with Gasteiger partial charge >= 0.3 is 0 Å². The molecule has 0 bridgehead atoms. The highest BCUT2D eigenvalue weighted by Crippen LogP contribution is 2.16. The maximum Gasteiger partial charge on any atom is 0.251 e. The minimum Gasteiger partial charge on any atom is -0.394 e. The van der Waals surface area contributed by atoms with Crippen LogP contribution in [0.15, 0.2) is 12.1 Å². The van der Waals surface area contributed by atoms with Crippen LogP contribution in [0.5, 0.6) is 0 Å². The fourth-order valence-electron chi connectivity index (χ4n) is 1.23. The van der Waals surface area contributed by atoms with Gasteiger partial charge in [-0.05, 0) is 12.1 Å². The van der Waals surface area contributed by atoms with Crippen LogP contribution in [0.25, 0.3) is 0 Å². The second-order valence-electron chi connectivity index (χ2n) is 3.78. The molecule has 1 rings (SSSR count). The number of halogens is 2. The molecule has 0 heterocycles. The summed E-state index contributed by atoms with van der Waals surface area (Å²) in [5.41, 5.74) is 4.17. The fourth-order valence-corrected chi connectivity index (χ4v) is 1.70. The van der Waals surface area contributed by atoms with Crippen molar-refractivity contribution in [3.63, 3.8) is 0 Å². The summed E-state index contributed by atoms with van der Waals surface area (Å²) in [7, 11) is -3.34. The summed E-state index contributed by atoms with van der Waals surface area (Å²) in [6, 6.07) is 1.61. The molecule has 0 saturated carbocycles. The standard InChI is InChI=1S/C10H13F2N3O3S/c1-19(17,18)15-3-2-14-10(16)6-4-7(11)9(13)8(12)5-6/h4-5,15H,2-3,13H2,1H3,(H,14,16). The van der Waals surface area contributed by atoms with Crippen molar-refractivity contribution in [2.75, 3.05) is 25.1 Å². The van der Waals surface area contributed by atoms with Gasteiger partial charge in [0.05, 0.1) is 6.26 Å². The number of benzene rings is 1. The van der Waals surface area contributed by atoms with Gasteiger partial charge in [-0.3, -0.25) is 4.79 Å². The topological polar surface area (TPSA) is 101 Å². The molecule has 0 radical (unpaired) electrons. The third-order valence-corrected chi connectivity index (χ3v) is 2.84. The molecule has 0 spiro atoms.